The molecule has 1 aliphatic rings. The zero-order chi connectivity index (χ0) is 31.8. The van der Waals surface area contributed by atoms with E-state index in [0.717, 1.165) is 0 Å². The molecule has 0 bridgehead atoms. The van der Waals surface area contributed by atoms with Crippen LogP contribution in [-0.2, 0) is 19.1 Å². The van der Waals surface area contributed by atoms with Crippen LogP contribution in [0, 0.1) is 0 Å². The van der Waals surface area contributed by atoms with Crippen molar-refractivity contribution in [2.45, 2.75) is 33.7 Å². The summed E-state index contributed by atoms with van der Waals surface area (Å²) in [5.74, 6) is 0.654. The second-order valence-corrected chi connectivity index (χ2v) is 11.0. The van der Waals surface area contributed by atoms with Crippen LogP contribution in [0.2, 0.25) is 0 Å². The molecule has 234 valence electrons. The molecule has 44 heavy (non-hydrogen) atoms. The fraction of sp³-hybridized carbons (Fsp3) is 0.355. The predicted octanol–water partition coefficient (Wildman–Crippen LogP) is 3.92. The largest absolute Gasteiger partial charge is 0.490 e. The highest BCUT2D eigenvalue weighted by Gasteiger charge is 2.31. The van der Waals surface area contributed by atoms with Crippen molar-refractivity contribution in [2.24, 2.45) is 4.99 Å². The van der Waals surface area contributed by atoms with E-state index < -0.39 is 18.0 Å². The molecule has 0 fully saturated rings. The molecular formula is C31H33BrN2O9S. The number of fused-ring (bicyclic) bond motifs is 1. The van der Waals surface area contributed by atoms with Crippen molar-refractivity contribution >= 4 is 45.3 Å². The number of rotatable bonds is 13. The average molecular weight is 690 g/mol. The van der Waals surface area contributed by atoms with Gasteiger partial charge in [-0.2, -0.15) is 0 Å². The molecular weight excluding hydrogens is 656 g/mol. The first-order valence-corrected chi connectivity index (χ1v) is 15.6. The number of halogens is 1. The second kappa shape index (κ2) is 15.1. The van der Waals surface area contributed by atoms with Crippen LogP contribution in [0.25, 0.3) is 6.08 Å². The Balaban J connectivity index is 1.82. The van der Waals surface area contributed by atoms with Gasteiger partial charge in [0, 0.05) is 6.20 Å². The number of ether oxygens (including phenoxy) is 6. The number of hydrogen-bond donors (Lipinski definition) is 0. The van der Waals surface area contributed by atoms with Crippen molar-refractivity contribution in [2.75, 3.05) is 40.1 Å². The molecule has 0 saturated heterocycles. The quantitative estimate of drug-likeness (QED) is 0.246. The fourth-order valence-electron chi connectivity index (χ4n) is 4.55. The number of benzene rings is 2. The smallest absolute Gasteiger partial charge is 0.344 e. The second-order valence-electron chi connectivity index (χ2n) is 9.10. The first kappa shape index (κ1) is 32.8. The van der Waals surface area contributed by atoms with Crippen molar-refractivity contribution in [3.05, 3.63) is 77.4 Å². The number of hydrogen-bond acceptors (Lipinski definition) is 11. The maximum atomic E-state index is 14.0. The maximum absolute atomic E-state index is 14.0. The Morgan fingerprint density at radius 2 is 1.66 bits per heavy atom. The van der Waals surface area contributed by atoms with E-state index in [1.807, 2.05) is 20.8 Å². The van der Waals surface area contributed by atoms with Gasteiger partial charge in [0.25, 0.3) is 5.56 Å². The Morgan fingerprint density at radius 3 is 2.34 bits per heavy atom. The average Bonchev–Trinajstić information content (AvgIpc) is 3.31. The SMILES string of the molecule is CCOC(=O)COc1c(Br)cc(/C=c2\sc3n(c2=O)[C@H](c2ccc(OCC)c(OCC)c2)C(C(=O)OC)=CN=3)cc1OCC. The predicted molar refractivity (Wildman–Crippen MR) is 167 cm³/mol. The van der Waals surface area contributed by atoms with Gasteiger partial charge in [-0.05, 0) is 85.1 Å². The van der Waals surface area contributed by atoms with Crippen LogP contribution in [-0.4, -0.2) is 56.6 Å². The zero-order valence-corrected chi connectivity index (χ0v) is 27.4. The molecule has 0 amide bonds. The van der Waals surface area contributed by atoms with Crippen LogP contribution >= 0.6 is 27.3 Å². The molecule has 1 aromatic heterocycles. The summed E-state index contributed by atoms with van der Waals surface area (Å²) in [5.41, 5.74) is 1.11. The Kier molecular flexibility index (Phi) is 11.2. The number of esters is 2. The number of aromatic nitrogens is 1. The van der Waals surface area contributed by atoms with Crippen LogP contribution in [0.3, 0.4) is 0 Å². The molecule has 11 nitrogen and oxygen atoms in total. The zero-order valence-electron chi connectivity index (χ0n) is 25.0. The van der Waals surface area contributed by atoms with Crippen LogP contribution in [0.4, 0.5) is 0 Å². The first-order chi connectivity index (χ1) is 21.3. The molecule has 0 N–H and O–H groups in total. The molecule has 0 radical (unpaired) electrons. The normalized spacial score (nSPS) is 14.2. The lowest BCUT2D eigenvalue weighted by molar-refractivity contribution is -0.145. The Hall–Kier alpha value is -4.10. The van der Waals surface area contributed by atoms with Crippen molar-refractivity contribution in [1.82, 2.24) is 4.57 Å². The van der Waals surface area contributed by atoms with Gasteiger partial charge in [-0.25, -0.2) is 14.6 Å². The van der Waals surface area contributed by atoms with Crippen LogP contribution in [0.15, 0.2) is 56.4 Å². The topological polar surface area (TPSA) is 124 Å². The summed E-state index contributed by atoms with van der Waals surface area (Å²) in [6.45, 7) is 8.42. The van der Waals surface area contributed by atoms with E-state index in [0.29, 0.717) is 67.8 Å². The molecule has 0 aliphatic carbocycles. The van der Waals surface area contributed by atoms with Crippen LogP contribution in [0.1, 0.15) is 44.9 Å². The molecule has 1 aliphatic heterocycles. The lowest BCUT2D eigenvalue weighted by Gasteiger charge is -2.23. The number of carbonyl (C=O) groups is 2. The molecule has 0 saturated carbocycles. The molecule has 1 atom stereocenters. The van der Waals surface area contributed by atoms with Gasteiger partial charge in [0.2, 0.25) is 0 Å². The first-order valence-electron chi connectivity index (χ1n) is 14.0. The van der Waals surface area contributed by atoms with Crippen LogP contribution < -0.4 is 33.8 Å². The third-order valence-electron chi connectivity index (χ3n) is 6.28. The summed E-state index contributed by atoms with van der Waals surface area (Å²) in [4.78, 5) is 43.5. The van der Waals surface area contributed by atoms with E-state index in [1.54, 1.807) is 43.3 Å². The van der Waals surface area contributed by atoms with Crippen molar-refractivity contribution < 1.29 is 38.0 Å². The summed E-state index contributed by atoms with van der Waals surface area (Å²) in [7, 11) is 1.28. The van der Waals surface area contributed by atoms with E-state index in [2.05, 4.69) is 20.9 Å². The van der Waals surface area contributed by atoms with E-state index >= 15 is 0 Å². The van der Waals surface area contributed by atoms with E-state index in [1.165, 1.54) is 29.2 Å². The highest BCUT2D eigenvalue weighted by Crippen LogP contribution is 2.38. The molecule has 3 aromatic rings. The van der Waals surface area contributed by atoms with Gasteiger partial charge in [0.15, 0.2) is 34.4 Å². The Bertz CT molecular complexity index is 1750. The number of thiazole rings is 1. The lowest BCUT2D eigenvalue weighted by Crippen LogP contribution is -2.39. The Labute approximate surface area is 266 Å². The summed E-state index contributed by atoms with van der Waals surface area (Å²) in [6, 6.07) is 7.95. The van der Waals surface area contributed by atoms with Gasteiger partial charge in [-0.3, -0.25) is 9.36 Å². The summed E-state index contributed by atoms with van der Waals surface area (Å²) in [6.07, 6.45) is 3.14. The van der Waals surface area contributed by atoms with Gasteiger partial charge in [-0.1, -0.05) is 17.4 Å². The molecule has 2 aromatic carbocycles. The van der Waals surface area contributed by atoms with Gasteiger partial charge in [-0.15, -0.1) is 0 Å². The maximum Gasteiger partial charge on any atom is 0.344 e. The number of methoxy groups -OCH3 is 1. The summed E-state index contributed by atoms with van der Waals surface area (Å²) >= 11 is 4.68. The van der Waals surface area contributed by atoms with Crippen molar-refractivity contribution in [1.29, 1.82) is 0 Å². The molecule has 2 heterocycles. The van der Waals surface area contributed by atoms with Crippen LogP contribution in [0.5, 0.6) is 23.0 Å². The minimum atomic E-state index is -0.819. The summed E-state index contributed by atoms with van der Waals surface area (Å²) < 4.78 is 35.3. The standard InChI is InChI=1S/C31H33BrN2O9S/c1-6-39-22-11-10-19(15-23(22)40-7-2)27-20(30(37)38-5)16-33-31-34(27)29(36)25(44-31)14-18-12-21(32)28(24(13-18)41-8-3)43-17-26(35)42-9-4/h10-16,27H,6-9,17H2,1-5H3/b25-14-/t27-/m1/s1. The Morgan fingerprint density at radius 1 is 0.955 bits per heavy atom. The number of nitrogens with zero attached hydrogens (tertiary/aromatic N) is 2. The monoisotopic (exact) mass is 688 g/mol. The third kappa shape index (κ3) is 7.16. The molecule has 0 unspecified atom stereocenters. The molecule has 13 heteroatoms. The molecule has 0 spiro atoms. The van der Waals surface area contributed by atoms with Crippen molar-refractivity contribution in [3.8, 4) is 23.0 Å². The highest BCUT2D eigenvalue weighted by atomic mass is 79.9. The van der Waals surface area contributed by atoms with E-state index in [-0.39, 0.29) is 24.3 Å². The van der Waals surface area contributed by atoms with E-state index in [9.17, 15) is 14.4 Å². The highest BCUT2D eigenvalue weighted by molar-refractivity contribution is 9.10. The summed E-state index contributed by atoms with van der Waals surface area (Å²) in [5, 5.41) is 0. The molecule has 4 rings (SSSR count). The fourth-order valence-corrected chi connectivity index (χ4v) is 6.09. The third-order valence-corrected chi connectivity index (χ3v) is 7.86. The van der Waals surface area contributed by atoms with Gasteiger partial charge < -0.3 is 28.4 Å². The van der Waals surface area contributed by atoms with Gasteiger partial charge in [0.05, 0.1) is 54.2 Å². The van der Waals surface area contributed by atoms with Gasteiger partial charge in [0.1, 0.15) is 0 Å². The minimum Gasteiger partial charge on any atom is -0.490 e. The van der Waals surface area contributed by atoms with Crippen molar-refractivity contribution in [3.63, 3.8) is 0 Å². The number of carbonyl (C=O) groups excluding carboxylic acids is 2. The van der Waals surface area contributed by atoms with Gasteiger partial charge >= 0.3 is 11.9 Å². The minimum absolute atomic E-state index is 0.197. The lowest BCUT2D eigenvalue weighted by atomic mass is 9.97. The van der Waals surface area contributed by atoms with E-state index in [4.69, 9.17) is 28.4 Å².